The molecule has 0 radical (unpaired) electrons. The Morgan fingerprint density at radius 2 is 2.43 bits per heavy atom. The molecule has 1 atom stereocenters. The van der Waals surface area contributed by atoms with Crippen LogP contribution in [-0.2, 0) is 4.79 Å². The number of carbonyl (C=O) groups is 1. The van der Waals surface area contributed by atoms with Gasteiger partial charge in [-0.1, -0.05) is 13.8 Å². The highest BCUT2D eigenvalue weighted by molar-refractivity contribution is 5.88. The molecule has 1 aliphatic heterocycles. The van der Waals surface area contributed by atoms with Crippen LogP contribution >= 0.6 is 0 Å². The van der Waals surface area contributed by atoms with Gasteiger partial charge in [0, 0.05) is 0 Å². The second-order valence-electron chi connectivity index (χ2n) is 3.69. The molecule has 0 fully saturated rings. The molecular formula is C10H16N2O2. The summed E-state index contributed by atoms with van der Waals surface area (Å²) in [4.78, 5) is 10.8. The van der Waals surface area contributed by atoms with Gasteiger partial charge in [-0.3, -0.25) is 5.32 Å². The molecule has 0 bridgehead atoms. The van der Waals surface area contributed by atoms with Crippen molar-refractivity contribution in [2.75, 3.05) is 6.54 Å². The van der Waals surface area contributed by atoms with Gasteiger partial charge in [-0.05, 0) is 30.8 Å². The van der Waals surface area contributed by atoms with E-state index in [0.717, 1.165) is 6.54 Å². The van der Waals surface area contributed by atoms with Gasteiger partial charge >= 0.3 is 5.97 Å². The molecular weight excluding hydrogens is 180 g/mol. The van der Waals surface area contributed by atoms with E-state index in [4.69, 9.17) is 5.11 Å². The zero-order valence-electron chi connectivity index (χ0n) is 8.45. The fraction of sp³-hybridized carbons (Fsp3) is 0.500. The van der Waals surface area contributed by atoms with Crippen LogP contribution in [0.2, 0.25) is 0 Å². The molecule has 0 aliphatic carbocycles. The number of dihydropyridines is 1. The minimum absolute atomic E-state index is 0.278. The van der Waals surface area contributed by atoms with E-state index in [1.165, 1.54) is 0 Å². The molecule has 1 unspecified atom stereocenters. The second kappa shape index (κ2) is 4.81. The number of nitrogens with one attached hydrogen (secondary N) is 2. The Balaban J connectivity index is 2.56. The summed E-state index contributed by atoms with van der Waals surface area (Å²) in [5.74, 6) is -0.388. The van der Waals surface area contributed by atoms with E-state index in [0.29, 0.717) is 11.5 Å². The molecule has 1 heterocycles. The van der Waals surface area contributed by atoms with Gasteiger partial charge in [0.1, 0.15) is 6.17 Å². The van der Waals surface area contributed by atoms with Gasteiger partial charge < -0.3 is 10.4 Å². The lowest BCUT2D eigenvalue weighted by Gasteiger charge is -2.22. The lowest BCUT2D eigenvalue weighted by Crippen LogP contribution is -2.45. The lowest BCUT2D eigenvalue weighted by atomic mass is 10.1. The maximum atomic E-state index is 10.8. The van der Waals surface area contributed by atoms with E-state index in [2.05, 4.69) is 24.5 Å². The quantitative estimate of drug-likeness (QED) is 0.619. The largest absolute Gasteiger partial charge is 0.478 e. The molecule has 4 heteroatoms. The van der Waals surface area contributed by atoms with Gasteiger partial charge in [0.2, 0.25) is 0 Å². The first-order valence-corrected chi connectivity index (χ1v) is 4.70. The van der Waals surface area contributed by atoms with Crippen LogP contribution in [-0.4, -0.2) is 23.8 Å². The fourth-order valence-corrected chi connectivity index (χ4v) is 1.21. The molecule has 4 nitrogen and oxygen atoms in total. The van der Waals surface area contributed by atoms with Crippen molar-refractivity contribution in [2.45, 2.75) is 20.0 Å². The Kier molecular flexibility index (Phi) is 3.71. The highest BCUT2D eigenvalue weighted by Crippen LogP contribution is 2.05. The zero-order valence-corrected chi connectivity index (χ0v) is 8.45. The average molecular weight is 196 g/mol. The number of hydrogen-bond acceptors (Lipinski definition) is 3. The van der Waals surface area contributed by atoms with E-state index < -0.39 is 5.97 Å². The number of hydrogen-bond donors (Lipinski definition) is 3. The van der Waals surface area contributed by atoms with E-state index >= 15 is 0 Å². The molecule has 78 valence electrons. The SMILES string of the molecule is CC(C)CNC1NC=CC=C1C(=O)O. The highest BCUT2D eigenvalue weighted by Gasteiger charge is 2.19. The number of allylic oxidation sites excluding steroid dienone is 2. The first kappa shape index (κ1) is 10.8. The van der Waals surface area contributed by atoms with Crippen molar-refractivity contribution in [3.63, 3.8) is 0 Å². The Morgan fingerprint density at radius 1 is 1.71 bits per heavy atom. The number of aliphatic carboxylic acids is 1. The molecule has 1 aliphatic rings. The molecule has 0 aromatic carbocycles. The van der Waals surface area contributed by atoms with Crippen LogP contribution in [0.5, 0.6) is 0 Å². The monoisotopic (exact) mass is 196 g/mol. The molecule has 14 heavy (non-hydrogen) atoms. The first-order valence-electron chi connectivity index (χ1n) is 4.70. The summed E-state index contributed by atoms with van der Waals surface area (Å²) in [6, 6.07) is 0. The minimum Gasteiger partial charge on any atom is -0.478 e. The van der Waals surface area contributed by atoms with Crippen molar-refractivity contribution in [2.24, 2.45) is 5.92 Å². The molecule has 0 aromatic heterocycles. The van der Waals surface area contributed by atoms with Gasteiger partial charge in [0.15, 0.2) is 0 Å². The Bertz CT molecular complexity index is 269. The van der Waals surface area contributed by atoms with Crippen LogP contribution < -0.4 is 10.6 Å². The summed E-state index contributed by atoms with van der Waals surface area (Å²) in [6.07, 6.45) is 4.76. The standard InChI is InChI=1S/C10H16N2O2/c1-7(2)6-12-9-8(10(13)14)4-3-5-11-9/h3-5,7,9,11-12H,6H2,1-2H3,(H,13,14). The van der Waals surface area contributed by atoms with E-state index in [1.807, 2.05) is 0 Å². The Hall–Kier alpha value is -1.29. The van der Waals surface area contributed by atoms with Crippen molar-refractivity contribution in [3.05, 3.63) is 23.9 Å². The van der Waals surface area contributed by atoms with E-state index in [-0.39, 0.29) is 6.17 Å². The van der Waals surface area contributed by atoms with Gasteiger partial charge in [-0.25, -0.2) is 4.79 Å². The first-order chi connectivity index (χ1) is 6.61. The van der Waals surface area contributed by atoms with Gasteiger partial charge in [0.05, 0.1) is 5.57 Å². The van der Waals surface area contributed by atoms with Crippen LogP contribution in [0.4, 0.5) is 0 Å². The van der Waals surface area contributed by atoms with Gasteiger partial charge in [-0.2, -0.15) is 0 Å². The second-order valence-corrected chi connectivity index (χ2v) is 3.69. The average Bonchev–Trinajstić information content (AvgIpc) is 2.15. The van der Waals surface area contributed by atoms with Crippen LogP contribution in [0.25, 0.3) is 0 Å². The molecule has 0 amide bonds. The van der Waals surface area contributed by atoms with E-state index in [9.17, 15) is 4.79 Å². The summed E-state index contributed by atoms with van der Waals surface area (Å²) in [5, 5.41) is 15.0. The number of carboxylic acids is 1. The zero-order chi connectivity index (χ0) is 10.6. The molecule has 0 saturated heterocycles. The topological polar surface area (TPSA) is 61.4 Å². The lowest BCUT2D eigenvalue weighted by molar-refractivity contribution is -0.133. The molecule has 0 saturated carbocycles. The molecule has 1 rings (SSSR count). The third-order valence-corrected chi connectivity index (χ3v) is 1.92. The van der Waals surface area contributed by atoms with Crippen LogP contribution in [0.1, 0.15) is 13.8 Å². The number of carboxylic acid groups (broad SMARTS) is 1. The summed E-state index contributed by atoms with van der Waals surface area (Å²) < 4.78 is 0. The van der Waals surface area contributed by atoms with Crippen molar-refractivity contribution < 1.29 is 9.90 Å². The maximum absolute atomic E-state index is 10.8. The van der Waals surface area contributed by atoms with Crippen molar-refractivity contribution >= 4 is 5.97 Å². The molecule has 3 N–H and O–H groups in total. The smallest absolute Gasteiger partial charge is 0.335 e. The Morgan fingerprint density at radius 3 is 3.00 bits per heavy atom. The predicted molar refractivity (Wildman–Crippen MR) is 54.6 cm³/mol. The maximum Gasteiger partial charge on any atom is 0.335 e. The summed E-state index contributed by atoms with van der Waals surface area (Å²) >= 11 is 0. The van der Waals surface area contributed by atoms with Crippen molar-refractivity contribution in [1.29, 1.82) is 0 Å². The predicted octanol–water partition coefficient (Wildman–Crippen LogP) is 0.686. The fourth-order valence-electron chi connectivity index (χ4n) is 1.21. The van der Waals surface area contributed by atoms with Crippen LogP contribution in [0.15, 0.2) is 23.9 Å². The van der Waals surface area contributed by atoms with Gasteiger partial charge in [-0.15, -0.1) is 0 Å². The third-order valence-electron chi connectivity index (χ3n) is 1.92. The van der Waals surface area contributed by atoms with Crippen molar-refractivity contribution in [3.8, 4) is 0 Å². The molecule has 0 aromatic rings. The Labute approximate surface area is 83.7 Å². The third kappa shape index (κ3) is 2.88. The summed E-state index contributed by atoms with van der Waals surface area (Å²) in [7, 11) is 0. The van der Waals surface area contributed by atoms with E-state index in [1.54, 1.807) is 18.4 Å². The van der Waals surface area contributed by atoms with Crippen molar-refractivity contribution in [1.82, 2.24) is 10.6 Å². The van der Waals surface area contributed by atoms with Gasteiger partial charge in [0.25, 0.3) is 0 Å². The van der Waals surface area contributed by atoms with Crippen LogP contribution in [0, 0.1) is 5.92 Å². The highest BCUT2D eigenvalue weighted by atomic mass is 16.4. The summed E-state index contributed by atoms with van der Waals surface area (Å²) in [5.41, 5.74) is 0.355. The normalized spacial score (nSPS) is 20.5. The summed E-state index contributed by atoms with van der Waals surface area (Å²) in [6.45, 7) is 4.95. The minimum atomic E-state index is -0.886. The molecule has 0 spiro atoms. The number of rotatable bonds is 4. The van der Waals surface area contributed by atoms with Crippen LogP contribution in [0.3, 0.4) is 0 Å².